The third-order valence-electron chi connectivity index (χ3n) is 3.77. The molecule has 0 N–H and O–H groups in total. The van der Waals surface area contributed by atoms with E-state index in [1.807, 2.05) is 6.07 Å². The van der Waals surface area contributed by atoms with Crippen molar-refractivity contribution >= 4 is 23.5 Å². The van der Waals surface area contributed by atoms with Gasteiger partial charge in [-0.1, -0.05) is 11.6 Å². The summed E-state index contributed by atoms with van der Waals surface area (Å²) in [6.07, 6.45) is 1.27. The first-order chi connectivity index (χ1) is 13.4. The van der Waals surface area contributed by atoms with Crippen LogP contribution in [0.1, 0.15) is 15.9 Å². The topological polar surface area (TPSA) is 77.8 Å². The van der Waals surface area contributed by atoms with Gasteiger partial charge in [-0.2, -0.15) is 14.0 Å². The summed E-state index contributed by atoms with van der Waals surface area (Å²) in [6, 6.07) is 8.99. The summed E-state index contributed by atoms with van der Waals surface area (Å²) in [6.45, 7) is -3.03. The first-order valence-corrected chi connectivity index (χ1v) is 8.19. The lowest BCUT2D eigenvalue weighted by Crippen LogP contribution is -2.05. The van der Waals surface area contributed by atoms with Crippen LogP contribution < -0.4 is 18.9 Å². The molecule has 6 nitrogen and oxygen atoms in total. The fraction of sp³-hybridized carbons (Fsp3) is 0.158. The van der Waals surface area contributed by atoms with E-state index in [4.69, 9.17) is 25.8 Å². The average Bonchev–Trinajstić information content (AvgIpc) is 3.14. The van der Waals surface area contributed by atoms with Gasteiger partial charge in [0.2, 0.25) is 12.6 Å². The lowest BCUT2D eigenvalue weighted by molar-refractivity contribution is -0.0511. The molecule has 0 amide bonds. The molecule has 9 heteroatoms. The number of carbonyl (C=O) groups excluding carboxylic acids is 1. The largest absolute Gasteiger partial charge is 0.493 e. The average molecular weight is 408 g/mol. The SMILES string of the molecule is COc1cc(/C=C(\C#N)C(=O)c2ccc3c(c2)OCO3)cc(Cl)c1OC(F)F. The number of rotatable bonds is 6. The number of alkyl halides is 2. The Balaban J connectivity index is 1.95. The van der Waals surface area contributed by atoms with Crippen LogP contribution in [-0.2, 0) is 0 Å². The van der Waals surface area contributed by atoms with Crippen LogP contribution >= 0.6 is 11.6 Å². The highest BCUT2D eigenvalue weighted by molar-refractivity contribution is 6.32. The Kier molecular flexibility index (Phi) is 5.66. The van der Waals surface area contributed by atoms with Gasteiger partial charge in [0.25, 0.3) is 0 Å². The van der Waals surface area contributed by atoms with E-state index in [0.717, 1.165) is 0 Å². The molecule has 1 heterocycles. The van der Waals surface area contributed by atoms with E-state index in [1.165, 1.54) is 37.5 Å². The van der Waals surface area contributed by atoms with Gasteiger partial charge in [-0.3, -0.25) is 4.79 Å². The molecule has 1 aliphatic rings. The van der Waals surface area contributed by atoms with Crippen LogP contribution in [0.4, 0.5) is 8.78 Å². The van der Waals surface area contributed by atoms with Crippen molar-refractivity contribution in [2.45, 2.75) is 6.61 Å². The number of fused-ring (bicyclic) bond motifs is 1. The minimum Gasteiger partial charge on any atom is -0.493 e. The van der Waals surface area contributed by atoms with Crippen molar-refractivity contribution < 1.29 is 32.5 Å². The molecule has 2 aromatic rings. The van der Waals surface area contributed by atoms with E-state index in [1.54, 1.807) is 6.07 Å². The molecule has 2 aromatic carbocycles. The lowest BCUT2D eigenvalue weighted by Gasteiger charge is -2.12. The van der Waals surface area contributed by atoms with E-state index >= 15 is 0 Å². The number of benzene rings is 2. The number of nitriles is 1. The van der Waals surface area contributed by atoms with Crippen LogP contribution in [0.5, 0.6) is 23.0 Å². The van der Waals surface area contributed by atoms with Gasteiger partial charge >= 0.3 is 6.61 Å². The van der Waals surface area contributed by atoms with Crippen molar-refractivity contribution in [3.05, 3.63) is 52.1 Å². The number of hydrogen-bond donors (Lipinski definition) is 0. The van der Waals surface area contributed by atoms with Crippen molar-refractivity contribution in [1.29, 1.82) is 5.26 Å². The molecule has 0 fully saturated rings. The molecule has 3 rings (SSSR count). The standard InChI is InChI=1S/C19H12ClF2NO5/c1-25-16-6-10(5-13(20)18(16)28-19(21)22)4-12(8-23)17(24)11-2-3-14-15(7-11)27-9-26-14/h2-7,19H,9H2,1H3/b12-4+. The van der Waals surface area contributed by atoms with Crippen molar-refractivity contribution in [1.82, 2.24) is 0 Å². The fourth-order valence-corrected chi connectivity index (χ4v) is 2.80. The maximum Gasteiger partial charge on any atom is 0.387 e. The molecule has 0 saturated heterocycles. The Morgan fingerprint density at radius 1 is 1.29 bits per heavy atom. The number of nitrogens with zero attached hydrogens (tertiary/aromatic N) is 1. The van der Waals surface area contributed by atoms with Gasteiger partial charge in [-0.15, -0.1) is 0 Å². The lowest BCUT2D eigenvalue weighted by atomic mass is 10.0. The zero-order chi connectivity index (χ0) is 20.3. The third kappa shape index (κ3) is 4.00. The maximum atomic E-state index is 12.7. The van der Waals surface area contributed by atoms with Gasteiger partial charge < -0.3 is 18.9 Å². The summed E-state index contributed by atoms with van der Waals surface area (Å²) in [5, 5.41) is 9.24. The summed E-state index contributed by atoms with van der Waals surface area (Å²) in [4.78, 5) is 12.7. The number of ether oxygens (including phenoxy) is 4. The number of ketones is 1. The number of hydrogen-bond acceptors (Lipinski definition) is 6. The first-order valence-electron chi connectivity index (χ1n) is 7.81. The monoisotopic (exact) mass is 407 g/mol. The molecule has 0 aromatic heterocycles. The molecule has 0 atom stereocenters. The molecular weight excluding hydrogens is 396 g/mol. The van der Waals surface area contributed by atoms with E-state index in [9.17, 15) is 18.8 Å². The molecule has 0 unspecified atom stereocenters. The summed E-state index contributed by atoms with van der Waals surface area (Å²) < 4.78 is 44.8. The summed E-state index contributed by atoms with van der Waals surface area (Å²) in [5.41, 5.74) is 0.335. The summed E-state index contributed by atoms with van der Waals surface area (Å²) >= 11 is 5.98. The second-order valence-electron chi connectivity index (χ2n) is 5.48. The highest BCUT2D eigenvalue weighted by Gasteiger charge is 2.20. The Labute approximate surface area is 163 Å². The quantitative estimate of drug-likeness (QED) is 0.399. The minimum absolute atomic E-state index is 0.0548. The number of Topliss-reactive ketones (excluding diaryl/α,β-unsaturated/α-hetero) is 1. The van der Waals surface area contributed by atoms with Crippen molar-refractivity contribution in [2.75, 3.05) is 13.9 Å². The molecule has 0 spiro atoms. The van der Waals surface area contributed by atoms with E-state index in [-0.39, 0.29) is 34.5 Å². The predicted molar refractivity (Wildman–Crippen MR) is 95.1 cm³/mol. The second-order valence-corrected chi connectivity index (χ2v) is 5.89. The van der Waals surface area contributed by atoms with Crippen LogP contribution in [0, 0.1) is 11.3 Å². The minimum atomic E-state index is -3.09. The fourth-order valence-electron chi connectivity index (χ4n) is 2.54. The molecular formula is C19H12ClF2NO5. The normalized spacial score (nSPS) is 12.6. The van der Waals surface area contributed by atoms with Crippen LogP contribution in [0.3, 0.4) is 0 Å². The van der Waals surface area contributed by atoms with E-state index in [2.05, 4.69) is 4.74 Å². The van der Waals surface area contributed by atoms with Crippen molar-refractivity contribution in [3.8, 4) is 29.1 Å². The van der Waals surface area contributed by atoms with Gasteiger partial charge in [0, 0.05) is 5.56 Å². The third-order valence-corrected chi connectivity index (χ3v) is 4.05. The molecule has 1 aliphatic heterocycles. The van der Waals surface area contributed by atoms with Gasteiger partial charge in [0.1, 0.15) is 11.6 Å². The van der Waals surface area contributed by atoms with Crippen LogP contribution in [0.2, 0.25) is 5.02 Å². The predicted octanol–water partition coefficient (Wildman–Crippen LogP) is 4.47. The molecule has 144 valence electrons. The van der Waals surface area contributed by atoms with E-state index in [0.29, 0.717) is 17.1 Å². The Morgan fingerprint density at radius 3 is 2.71 bits per heavy atom. The highest BCUT2D eigenvalue weighted by Crippen LogP contribution is 2.38. The van der Waals surface area contributed by atoms with Crippen molar-refractivity contribution in [2.24, 2.45) is 0 Å². The van der Waals surface area contributed by atoms with Gasteiger partial charge in [-0.25, -0.2) is 0 Å². The first kappa shape index (κ1) is 19.5. The molecule has 0 aliphatic carbocycles. The zero-order valence-electron chi connectivity index (χ0n) is 14.4. The molecule has 0 saturated carbocycles. The van der Waals surface area contributed by atoms with E-state index < -0.39 is 12.4 Å². The molecule has 28 heavy (non-hydrogen) atoms. The smallest absolute Gasteiger partial charge is 0.387 e. The Hall–Kier alpha value is -3.31. The van der Waals surface area contributed by atoms with Crippen molar-refractivity contribution in [3.63, 3.8) is 0 Å². The zero-order valence-corrected chi connectivity index (χ0v) is 15.1. The maximum absolute atomic E-state index is 12.7. The Bertz CT molecular complexity index is 1000. The highest BCUT2D eigenvalue weighted by atomic mass is 35.5. The van der Waals surface area contributed by atoms with Crippen LogP contribution in [0.15, 0.2) is 35.9 Å². The summed E-state index contributed by atoms with van der Waals surface area (Å²) in [7, 11) is 1.25. The number of halogens is 3. The van der Waals surface area contributed by atoms with Gasteiger partial charge in [0.05, 0.1) is 12.1 Å². The van der Waals surface area contributed by atoms with Crippen LogP contribution in [0.25, 0.3) is 6.08 Å². The molecule has 0 bridgehead atoms. The number of allylic oxidation sites excluding steroid dienone is 1. The second kappa shape index (κ2) is 8.15. The molecule has 0 radical (unpaired) electrons. The van der Waals surface area contributed by atoms with Crippen LogP contribution in [-0.4, -0.2) is 26.3 Å². The Morgan fingerprint density at radius 2 is 2.04 bits per heavy atom. The number of carbonyl (C=O) groups is 1. The summed E-state index contributed by atoms with van der Waals surface area (Å²) in [5.74, 6) is -0.0425. The van der Waals surface area contributed by atoms with Gasteiger partial charge in [0.15, 0.2) is 23.0 Å². The number of methoxy groups -OCH3 is 1. The van der Waals surface area contributed by atoms with Gasteiger partial charge in [-0.05, 0) is 42.0 Å².